The summed E-state index contributed by atoms with van der Waals surface area (Å²) in [4.78, 5) is 0. The first kappa shape index (κ1) is 17.8. The summed E-state index contributed by atoms with van der Waals surface area (Å²) in [5.74, 6) is 1.74. The van der Waals surface area contributed by atoms with Crippen molar-refractivity contribution in [3.8, 4) is 11.5 Å². The molecule has 4 nitrogen and oxygen atoms in total. The lowest BCUT2D eigenvalue weighted by molar-refractivity contribution is 0.0759. The Bertz CT molecular complexity index is 407. The van der Waals surface area contributed by atoms with E-state index >= 15 is 0 Å². The van der Waals surface area contributed by atoms with Crippen LogP contribution in [0.1, 0.15) is 45.2 Å². The highest BCUT2D eigenvalue weighted by Gasteiger charge is 2.12. The molecule has 1 rings (SSSR count). The maximum absolute atomic E-state index is 5.54. The highest BCUT2D eigenvalue weighted by atomic mass is 16.5. The lowest BCUT2D eigenvalue weighted by Gasteiger charge is -2.18. The highest BCUT2D eigenvalue weighted by Crippen LogP contribution is 2.29. The molecule has 21 heavy (non-hydrogen) atoms. The molecule has 1 aromatic rings. The molecule has 0 aliphatic heterocycles. The van der Waals surface area contributed by atoms with Crippen molar-refractivity contribution in [2.75, 3.05) is 27.4 Å². The van der Waals surface area contributed by atoms with Crippen LogP contribution in [-0.2, 0) is 4.74 Å². The van der Waals surface area contributed by atoms with Gasteiger partial charge in [0.1, 0.15) is 11.5 Å². The van der Waals surface area contributed by atoms with Gasteiger partial charge < -0.3 is 19.5 Å². The average Bonchev–Trinajstić information content (AvgIpc) is 2.49. The molecule has 0 fully saturated rings. The molecular weight excluding hydrogens is 266 g/mol. The minimum absolute atomic E-state index is 0.223. The van der Waals surface area contributed by atoms with E-state index in [1.807, 2.05) is 18.2 Å². The third kappa shape index (κ3) is 6.36. The molecule has 0 amide bonds. The van der Waals surface area contributed by atoms with E-state index in [0.717, 1.165) is 43.1 Å². The van der Waals surface area contributed by atoms with Crippen LogP contribution in [0.2, 0.25) is 0 Å². The lowest BCUT2D eigenvalue weighted by Crippen LogP contribution is -2.21. The van der Waals surface area contributed by atoms with E-state index in [9.17, 15) is 0 Å². The monoisotopic (exact) mass is 295 g/mol. The zero-order chi connectivity index (χ0) is 15.7. The lowest BCUT2D eigenvalue weighted by atomic mass is 10.1. The van der Waals surface area contributed by atoms with Gasteiger partial charge >= 0.3 is 0 Å². The molecule has 0 radical (unpaired) electrons. The summed E-state index contributed by atoms with van der Waals surface area (Å²) < 4.78 is 16.2. The van der Waals surface area contributed by atoms with Gasteiger partial charge in [-0.05, 0) is 58.4 Å². The predicted octanol–water partition coefficient (Wildman–Crippen LogP) is 3.56. The number of methoxy groups -OCH3 is 2. The van der Waals surface area contributed by atoms with Crippen LogP contribution in [0.15, 0.2) is 18.2 Å². The molecule has 1 atom stereocenters. The van der Waals surface area contributed by atoms with E-state index in [0.29, 0.717) is 6.10 Å². The summed E-state index contributed by atoms with van der Waals surface area (Å²) >= 11 is 0. The molecule has 4 heteroatoms. The fourth-order valence-electron chi connectivity index (χ4n) is 2.15. The second kappa shape index (κ2) is 9.64. The third-order valence-corrected chi connectivity index (χ3v) is 3.38. The Kier molecular flexibility index (Phi) is 8.16. The Balaban J connectivity index is 2.42. The van der Waals surface area contributed by atoms with Gasteiger partial charge in [-0.15, -0.1) is 0 Å². The minimum atomic E-state index is 0.223. The van der Waals surface area contributed by atoms with Gasteiger partial charge in [0.2, 0.25) is 0 Å². The largest absolute Gasteiger partial charge is 0.497 e. The number of unbranched alkanes of at least 4 members (excludes halogenated alkanes) is 1. The van der Waals surface area contributed by atoms with Crippen LogP contribution in [-0.4, -0.2) is 33.5 Å². The van der Waals surface area contributed by atoms with E-state index in [-0.39, 0.29) is 6.04 Å². The Labute approximate surface area is 128 Å². The van der Waals surface area contributed by atoms with Gasteiger partial charge in [-0.25, -0.2) is 0 Å². The Hall–Kier alpha value is -1.26. The molecule has 0 heterocycles. The fraction of sp³-hybridized carbons (Fsp3) is 0.647. The van der Waals surface area contributed by atoms with Gasteiger partial charge in [0.25, 0.3) is 0 Å². The summed E-state index contributed by atoms with van der Waals surface area (Å²) in [7, 11) is 3.37. The molecular formula is C17H29NO3. The van der Waals surface area contributed by atoms with Crippen molar-refractivity contribution in [2.24, 2.45) is 0 Å². The van der Waals surface area contributed by atoms with Gasteiger partial charge in [-0.2, -0.15) is 0 Å². The summed E-state index contributed by atoms with van der Waals surface area (Å²) in [5.41, 5.74) is 1.12. The van der Waals surface area contributed by atoms with Crippen LogP contribution in [0.25, 0.3) is 0 Å². The van der Waals surface area contributed by atoms with Gasteiger partial charge in [-0.1, -0.05) is 0 Å². The average molecular weight is 295 g/mol. The topological polar surface area (TPSA) is 39.7 Å². The minimum Gasteiger partial charge on any atom is -0.497 e. The van der Waals surface area contributed by atoms with Crippen molar-refractivity contribution in [1.82, 2.24) is 5.32 Å². The van der Waals surface area contributed by atoms with Crippen LogP contribution < -0.4 is 14.8 Å². The number of ether oxygens (including phenoxy) is 3. The summed E-state index contributed by atoms with van der Waals surface area (Å²) in [6, 6.07) is 6.11. The second-order valence-electron chi connectivity index (χ2n) is 5.41. The molecule has 1 N–H and O–H groups in total. The molecule has 0 aliphatic rings. The standard InChI is InChI=1S/C17H29NO3/c1-13(2)21-11-7-6-10-18-14(3)16-12-15(19-4)8-9-17(16)20-5/h8-9,12-14,18H,6-7,10-11H2,1-5H3. The Morgan fingerprint density at radius 2 is 1.81 bits per heavy atom. The number of hydrogen-bond donors (Lipinski definition) is 1. The van der Waals surface area contributed by atoms with Crippen molar-refractivity contribution in [2.45, 2.75) is 45.8 Å². The number of hydrogen-bond acceptors (Lipinski definition) is 4. The molecule has 0 bridgehead atoms. The van der Waals surface area contributed by atoms with Crippen LogP contribution in [0.5, 0.6) is 11.5 Å². The Morgan fingerprint density at radius 1 is 1.05 bits per heavy atom. The van der Waals surface area contributed by atoms with Gasteiger partial charge in [-0.3, -0.25) is 0 Å². The number of benzene rings is 1. The number of nitrogens with one attached hydrogen (secondary N) is 1. The molecule has 0 aromatic heterocycles. The molecule has 0 saturated carbocycles. The van der Waals surface area contributed by atoms with Gasteiger partial charge in [0.15, 0.2) is 0 Å². The van der Waals surface area contributed by atoms with E-state index in [1.54, 1.807) is 14.2 Å². The summed E-state index contributed by atoms with van der Waals surface area (Å²) in [6.07, 6.45) is 2.49. The first-order chi connectivity index (χ1) is 10.1. The number of rotatable bonds is 10. The van der Waals surface area contributed by atoms with Crippen molar-refractivity contribution in [1.29, 1.82) is 0 Å². The second-order valence-corrected chi connectivity index (χ2v) is 5.41. The molecule has 0 saturated heterocycles. The summed E-state index contributed by atoms with van der Waals surface area (Å²) in [6.45, 7) is 8.06. The quantitative estimate of drug-likeness (QED) is 0.670. The van der Waals surface area contributed by atoms with E-state index in [2.05, 4.69) is 26.1 Å². The van der Waals surface area contributed by atoms with Crippen molar-refractivity contribution in [3.05, 3.63) is 23.8 Å². The maximum atomic E-state index is 5.54. The molecule has 0 spiro atoms. The first-order valence-corrected chi connectivity index (χ1v) is 7.65. The van der Waals surface area contributed by atoms with Gasteiger partial charge in [0, 0.05) is 18.2 Å². The molecule has 1 aromatic carbocycles. The zero-order valence-electron chi connectivity index (χ0n) is 13.9. The molecule has 1 unspecified atom stereocenters. The smallest absolute Gasteiger partial charge is 0.123 e. The highest BCUT2D eigenvalue weighted by molar-refractivity contribution is 5.42. The molecule has 0 aliphatic carbocycles. The van der Waals surface area contributed by atoms with Crippen molar-refractivity contribution in [3.63, 3.8) is 0 Å². The SMILES string of the molecule is COc1ccc(OC)c(C(C)NCCCCOC(C)C)c1. The predicted molar refractivity (Wildman–Crippen MR) is 86.3 cm³/mol. The van der Waals surface area contributed by atoms with Crippen LogP contribution in [0.4, 0.5) is 0 Å². The van der Waals surface area contributed by atoms with Crippen molar-refractivity contribution >= 4 is 0 Å². The maximum Gasteiger partial charge on any atom is 0.123 e. The normalized spacial score (nSPS) is 12.5. The zero-order valence-corrected chi connectivity index (χ0v) is 13.9. The van der Waals surface area contributed by atoms with Crippen molar-refractivity contribution < 1.29 is 14.2 Å². The van der Waals surface area contributed by atoms with Crippen LogP contribution in [0.3, 0.4) is 0 Å². The Morgan fingerprint density at radius 3 is 2.43 bits per heavy atom. The first-order valence-electron chi connectivity index (χ1n) is 7.65. The van der Waals surface area contributed by atoms with E-state index < -0.39 is 0 Å². The third-order valence-electron chi connectivity index (χ3n) is 3.38. The van der Waals surface area contributed by atoms with E-state index in [1.165, 1.54) is 0 Å². The summed E-state index contributed by atoms with van der Waals surface area (Å²) in [5, 5.41) is 3.52. The van der Waals surface area contributed by atoms with Crippen LogP contribution >= 0.6 is 0 Å². The molecule has 120 valence electrons. The van der Waals surface area contributed by atoms with Crippen LogP contribution in [0, 0.1) is 0 Å². The van der Waals surface area contributed by atoms with E-state index in [4.69, 9.17) is 14.2 Å². The fourth-order valence-corrected chi connectivity index (χ4v) is 2.15. The van der Waals surface area contributed by atoms with Gasteiger partial charge in [0.05, 0.1) is 20.3 Å².